The molecule has 0 rings (SSSR count). The van der Waals surface area contributed by atoms with Crippen molar-refractivity contribution in [3.63, 3.8) is 0 Å². The minimum atomic E-state index is -3.81. The van der Waals surface area contributed by atoms with E-state index in [4.69, 9.17) is 29.4 Å². The molecule has 0 heterocycles. The van der Waals surface area contributed by atoms with Crippen LogP contribution in [-0.4, -0.2) is 29.4 Å². The maximum atomic E-state index is 7.56. The molecule has 6 nitrogen and oxygen atoms in total. The van der Waals surface area contributed by atoms with Crippen LogP contribution in [-0.2, 0) is 40.7 Å². The van der Waals surface area contributed by atoms with Crippen molar-refractivity contribution in [2.24, 2.45) is 0 Å². The second kappa shape index (κ2) is 13.6. The van der Waals surface area contributed by atoms with Crippen molar-refractivity contribution in [3.8, 4) is 0 Å². The molecule has 0 atom stereocenters. The molecule has 0 amide bonds. The Morgan fingerprint density at radius 1 is 0.733 bits per heavy atom. The van der Waals surface area contributed by atoms with E-state index < -0.39 is 13.4 Å². The molecule has 101 valence electrons. The molecule has 0 spiro atoms. The van der Waals surface area contributed by atoms with Gasteiger partial charge in [0.2, 0.25) is 0 Å². The molecule has 1 radical (unpaired) electrons. The molecule has 0 aromatic heterocycles. The minimum absolute atomic E-state index is 0. The van der Waals surface area contributed by atoms with E-state index in [0.717, 1.165) is 0 Å². The summed E-state index contributed by atoms with van der Waals surface area (Å²) in [5.74, 6) is 0. The fourth-order valence-corrected chi connectivity index (χ4v) is 0. The molecule has 6 N–H and O–H groups in total. The predicted octanol–water partition coefficient (Wildman–Crippen LogP) is 0.179. The van der Waals surface area contributed by atoms with E-state index in [-0.39, 0.29) is 17.1 Å². The summed E-state index contributed by atoms with van der Waals surface area (Å²) in [6, 6.07) is 0. The summed E-state index contributed by atoms with van der Waals surface area (Å²) in [5, 5.41) is 0. The summed E-state index contributed by atoms with van der Waals surface area (Å²) in [7, 11) is 0. The van der Waals surface area contributed by atoms with Gasteiger partial charge in [-0.3, -0.25) is 0 Å². The zero-order valence-electron chi connectivity index (χ0n) is 8.11. The van der Waals surface area contributed by atoms with Crippen LogP contribution in [0.25, 0.3) is 0 Å². The van der Waals surface area contributed by atoms with Gasteiger partial charge in [0.15, 0.2) is 0 Å². The average Bonchev–Trinajstić information content (AvgIpc) is 1.79. The Balaban J connectivity index is -0.0000000590. The third-order valence-corrected chi connectivity index (χ3v) is 0.500. The van der Waals surface area contributed by atoms with Crippen LogP contribution in [0.15, 0.2) is 0 Å². The van der Waals surface area contributed by atoms with Gasteiger partial charge in [-0.2, -0.15) is 0 Å². The monoisotopic (exact) mass is 349 g/mol. The van der Waals surface area contributed by atoms with Crippen molar-refractivity contribution >= 4 is 37.1 Å². The van der Waals surface area contributed by atoms with E-state index in [2.05, 4.69) is 37.5 Å². The largest absolute Gasteiger partial charge is 0.325 e. The van der Waals surface area contributed by atoms with Crippen LogP contribution >= 0.6 is 13.4 Å². The number of rotatable bonds is 1. The number of hydrogen-bond donors (Lipinski definition) is 6. The summed E-state index contributed by atoms with van der Waals surface area (Å²) >= 11 is 7.21. The molecule has 0 unspecified atom stereocenters. The molecule has 15 heavy (non-hydrogen) atoms. The van der Waals surface area contributed by atoms with Gasteiger partial charge in [0.1, 0.15) is 0 Å². The normalized spacial score (nSPS) is 9.87. The predicted molar refractivity (Wildman–Crippen MR) is 62.5 cm³/mol. The van der Waals surface area contributed by atoms with Crippen LogP contribution in [0.1, 0.15) is 26.7 Å². The van der Waals surface area contributed by atoms with E-state index >= 15 is 0 Å². The molecule has 0 aromatic rings. The molecule has 0 saturated heterocycles. The Hall–Kier alpha value is 1.58. The van der Waals surface area contributed by atoms with Gasteiger partial charge in [-0.15, -0.1) is 0 Å². The summed E-state index contributed by atoms with van der Waals surface area (Å²) in [5.41, 5.74) is 0. The first-order valence-corrected chi connectivity index (χ1v) is 8.80. The molecule has 0 aromatic carbocycles. The second-order valence-corrected chi connectivity index (χ2v) is 7.02. The van der Waals surface area contributed by atoms with E-state index in [1.165, 1.54) is 12.8 Å². The minimum Gasteiger partial charge on any atom is -0.325 e. The van der Waals surface area contributed by atoms with Gasteiger partial charge >= 0.3 is 13.4 Å². The first kappa shape index (κ1) is 25.4. The molecule has 0 bridgehead atoms. The summed E-state index contributed by atoms with van der Waals surface area (Å²) in [6.07, 6.45) is 2.64. The van der Waals surface area contributed by atoms with Gasteiger partial charge in [0, 0.05) is 17.1 Å². The first-order chi connectivity index (χ1) is 5.91. The fourth-order valence-electron chi connectivity index (χ4n) is 0. The van der Waals surface area contributed by atoms with Crippen molar-refractivity contribution in [1.82, 2.24) is 0 Å². The SMILES string of the molecule is CCCC.OP(O)(O)=S.OP(O)(O)=S.[Cu]. The van der Waals surface area contributed by atoms with Crippen LogP contribution in [0.2, 0.25) is 0 Å². The van der Waals surface area contributed by atoms with Gasteiger partial charge in [-0.1, -0.05) is 26.7 Å². The zero-order valence-corrected chi connectivity index (χ0v) is 12.5. The van der Waals surface area contributed by atoms with Crippen molar-refractivity contribution in [3.05, 3.63) is 0 Å². The van der Waals surface area contributed by atoms with E-state index in [9.17, 15) is 0 Å². The molecule has 0 aliphatic carbocycles. The van der Waals surface area contributed by atoms with Gasteiger partial charge in [-0.05, 0) is 23.6 Å². The maximum Gasteiger partial charge on any atom is 0.319 e. The molecule has 0 saturated carbocycles. The molecular weight excluding hydrogens is 334 g/mol. The summed E-state index contributed by atoms with van der Waals surface area (Å²) in [4.78, 5) is 45.3. The van der Waals surface area contributed by atoms with Crippen LogP contribution in [0.5, 0.6) is 0 Å². The van der Waals surface area contributed by atoms with Gasteiger partial charge in [-0.25, -0.2) is 0 Å². The summed E-state index contributed by atoms with van der Waals surface area (Å²) < 4.78 is 0. The molecule has 11 heteroatoms. The van der Waals surface area contributed by atoms with Crippen molar-refractivity contribution in [2.75, 3.05) is 0 Å². The first-order valence-electron chi connectivity index (χ1n) is 3.48. The fraction of sp³-hybridized carbons (Fsp3) is 1.00. The molecule has 0 aliphatic rings. The van der Waals surface area contributed by atoms with Crippen LogP contribution in [0.3, 0.4) is 0 Å². The smallest absolute Gasteiger partial charge is 0.319 e. The summed E-state index contributed by atoms with van der Waals surface area (Å²) in [6.45, 7) is -3.25. The standard InChI is InChI=1S/C4H10.Cu.2H3O3PS/c1-3-4-2;;2*1-4(2,3)5/h3-4H2,1-2H3;;2*(H3,1,2,3,5). The Kier molecular flexibility index (Phi) is 23.1. The third kappa shape index (κ3) is 432. The molecule has 0 aliphatic heterocycles. The second-order valence-electron chi connectivity index (χ2n) is 2.03. The van der Waals surface area contributed by atoms with E-state index in [1.54, 1.807) is 0 Å². The quantitative estimate of drug-likeness (QED) is 0.293. The average molecular weight is 350 g/mol. The third-order valence-electron chi connectivity index (χ3n) is 0.500. The Labute approximate surface area is 110 Å². The van der Waals surface area contributed by atoms with E-state index in [0.29, 0.717) is 0 Å². The Bertz CT molecular complexity index is 165. The van der Waals surface area contributed by atoms with E-state index in [1.807, 2.05) is 0 Å². The van der Waals surface area contributed by atoms with Gasteiger partial charge in [0.05, 0.1) is 0 Å². The number of unbranched alkanes of at least 4 members (excludes halogenated alkanes) is 1. The molecular formula is C4H16CuO6P2S2. The topological polar surface area (TPSA) is 121 Å². The molecule has 0 fully saturated rings. The van der Waals surface area contributed by atoms with Crippen LogP contribution in [0, 0.1) is 0 Å². The van der Waals surface area contributed by atoms with Crippen molar-refractivity contribution in [1.29, 1.82) is 0 Å². The Morgan fingerprint density at radius 2 is 0.800 bits per heavy atom. The van der Waals surface area contributed by atoms with Crippen molar-refractivity contribution < 1.29 is 46.4 Å². The van der Waals surface area contributed by atoms with Gasteiger partial charge < -0.3 is 29.4 Å². The zero-order chi connectivity index (χ0) is 12.4. The van der Waals surface area contributed by atoms with Crippen molar-refractivity contribution in [2.45, 2.75) is 26.7 Å². The number of hydrogen-bond acceptors (Lipinski definition) is 2. The van der Waals surface area contributed by atoms with Gasteiger partial charge in [0.25, 0.3) is 0 Å². The van der Waals surface area contributed by atoms with Crippen LogP contribution in [0.4, 0.5) is 0 Å². The van der Waals surface area contributed by atoms with Crippen LogP contribution < -0.4 is 0 Å². The maximum absolute atomic E-state index is 7.56. The Morgan fingerprint density at radius 3 is 0.800 bits per heavy atom.